The van der Waals surface area contributed by atoms with Gasteiger partial charge in [0.15, 0.2) is 0 Å². The van der Waals surface area contributed by atoms with Crippen LogP contribution in [0.15, 0.2) is 18.2 Å². The molecule has 17 heavy (non-hydrogen) atoms. The minimum atomic E-state index is -0.115. The van der Waals surface area contributed by atoms with Gasteiger partial charge in [-0.25, -0.2) is 0 Å². The van der Waals surface area contributed by atoms with Crippen molar-refractivity contribution >= 4 is 5.91 Å². The van der Waals surface area contributed by atoms with Gasteiger partial charge in [-0.05, 0) is 37.0 Å². The number of carbonyl (C=O) groups excluding carboxylic acids is 1. The monoisotopic (exact) mass is 230 g/mol. The first kappa shape index (κ1) is 13.2. The van der Waals surface area contributed by atoms with Crippen LogP contribution in [0.3, 0.4) is 0 Å². The summed E-state index contributed by atoms with van der Waals surface area (Å²) in [7, 11) is 1.74. The van der Waals surface area contributed by atoms with Crippen LogP contribution in [0.25, 0.3) is 0 Å². The molecule has 0 atom stereocenters. The summed E-state index contributed by atoms with van der Waals surface area (Å²) in [5, 5.41) is 8.44. The number of nitriles is 1. The molecule has 0 heterocycles. The Morgan fingerprint density at radius 2 is 2.06 bits per heavy atom. The lowest BCUT2D eigenvalue weighted by molar-refractivity contribution is -0.128. The molecule has 0 unspecified atom stereocenters. The fourth-order valence-electron chi connectivity index (χ4n) is 1.58. The second kappa shape index (κ2) is 6.05. The van der Waals surface area contributed by atoms with Gasteiger partial charge < -0.3 is 4.90 Å². The van der Waals surface area contributed by atoms with E-state index in [1.165, 1.54) is 16.7 Å². The average molecular weight is 230 g/mol. The summed E-state index contributed by atoms with van der Waals surface area (Å²) in [5.74, 6) is -0.115. The van der Waals surface area contributed by atoms with Crippen molar-refractivity contribution in [3.8, 4) is 6.07 Å². The third-order valence-electron chi connectivity index (χ3n) is 2.96. The smallest absolute Gasteiger partial charge is 0.236 e. The van der Waals surface area contributed by atoms with Gasteiger partial charge in [0.05, 0.1) is 6.07 Å². The second-order valence-electron chi connectivity index (χ2n) is 4.32. The van der Waals surface area contributed by atoms with Crippen molar-refractivity contribution in [3.05, 3.63) is 34.9 Å². The first-order chi connectivity index (χ1) is 8.04. The summed E-state index contributed by atoms with van der Waals surface area (Å²) >= 11 is 0. The van der Waals surface area contributed by atoms with Gasteiger partial charge >= 0.3 is 0 Å². The molecule has 0 saturated carbocycles. The zero-order valence-corrected chi connectivity index (χ0v) is 10.7. The van der Waals surface area contributed by atoms with Gasteiger partial charge in [0.2, 0.25) is 5.91 Å². The van der Waals surface area contributed by atoms with Crippen LogP contribution in [0, 0.1) is 25.2 Å². The molecule has 0 aliphatic rings. The predicted molar refractivity (Wildman–Crippen MR) is 67.5 cm³/mol. The predicted octanol–water partition coefficient (Wildman–Crippen LogP) is 2.22. The number of carbonyl (C=O) groups is 1. The standard InChI is InChI=1S/C14H18N2O/c1-11-4-5-13(10-12(11)2)7-9-16(3)14(17)6-8-15/h4-5,10H,6-7,9H2,1-3H3. The normalized spacial score (nSPS) is 9.76. The number of hydrogen-bond acceptors (Lipinski definition) is 2. The number of aryl methyl sites for hydroxylation is 2. The van der Waals surface area contributed by atoms with E-state index in [-0.39, 0.29) is 12.3 Å². The Balaban J connectivity index is 2.53. The van der Waals surface area contributed by atoms with Crippen molar-refractivity contribution in [2.45, 2.75) is 26.7 Å². The van der Waals surface area contributed by atoms with E-state index in [0.29, 0.717) is 6.54 Å². The molecule has 0 saturated heterocycles. The van der Waals surface area contributed by atoms with E-state index in [1.54, 1.807) is 11.9 Å². The van der Waals surface area contributed by atoms with Crippen LogP contribution in [0.4, 0.5) is 0 Å². The number of nitrogens with zero attached hydrogens (tertiary/aromatic N) is 2. The molecule has 90 valence electrons. The Kier molecular flexibility index (Phi) is 4.71. The van der Waals surface area contributed by atoms with Gasteiger partial charge in [-0.3, -0.25) is 4.79 Å². The first-order valence-corrected chi connectivity index (χ1v) is 5.71. The molecule has 1 aromatic carbocycles. The molecule has 0 spiro atoms. The molecular weight excluding hydrogens is 212 g/mol. The minimum absolute atomic E-state index is 0.0383. The van der Waals surface area contributed by atoms with E-state index in [4.69, 9.17) is 5.26 Å². The third-order valence-corrected chi connectivity index (χ3v) is 2.96. The van der Waals surface area contributed by atoms with Crippen LogP contribution in [0.1, 0.15) is 23.1 Å². The molecule has 0 aromatic heterocycles. The fourth-order valence-corrected chi connectivity index (χ4v) is 1.58. The lowest BCUT2D eigenvalue weighted by Gasteiger charge is -2.15. The van der Waals surface area contributed by atoms with Crippen LogP contribution in [-0.4, -0.2) is 24.4 Å². The van der Waals surface area contributed by atoms with Gasteiger partial charge in [-0.1, -0.05) is 18.2 Å². The summed E-state index contributed by atoms with van der Waals surface area (Å²) in [6, 6.07) is 8.21. The molecule has 0 aliphatic heterocycles. The maximum absolute atomic E-state index is 11.4. The zero-order chi connectivity index (χ0) is 12.8. The summed E-state index contributed by atoms with van der Waals surface area (Å²) in [4.78, 5) is 13.0. The van der Waals surface area contributed by atoms with Crippen LogP contribution >= 0.6 is 0 Å². The quantitative estimate of drug-likeness (QED) is 0.796. The maximum Gasteiger partial charge on any atom is 0.236 e. The largest absolute Gasteiger partial charge is 0.345 e. The molecule has 0 fully saturated rings. The van der Waals surface area contributed by atoms with E-state index in [9.17, 15) is 4.79 Å². The van der Waals surface area contributed by atoms with Gasteiger partial charge in [0.25, 0.3) is 0 Å². The van der Waals surface area contributed by atoms with Crippen molar-refractivity contribution in [2.75, 3.05) is 13.6 Å². The lowest BCUT2D eigenvalue weighted by atomic mass is 10.0. The molecule has 0 N–H and O–H groups in total. The Labute approximate surface area is 103 Å². The van der Waals surface area contributed by atoms with Gasteiger partial charge in [-0.2, -0.15) is 5.26 Å². The van der Waals surface area contributed by atoms with E-state index in [2.05, 4.69) is 32.0 Å². The maximum atomic E-state index is 11.4. The molecule has 0 aliphatic carbocycles. The Hall–Kier alpha value is -1.82. The highest BCUT2D eigenvalue weighted by Gasteiger charge is 2.07. The van der Waals surface area contributed by atoms with Crippen molar-refractivity contribution in [2.24, 2.45) is 0 Å². The Morgan fingerprint density at radius 3 is 2.65 bits per heavy atom. The van der Waals surface area contributed by atoms with Crippen molar-refractivity contribution < 1.29 is 4.79 Å². The molecule has 3 heteroatoms. The van der Waals surface area contributed by atoms with E-state index in [0.717, 1.165) is 6.42 Å². The first-order valence-electron chi connectivity index (χ1n) is 5.71. The van der Waals surface area contributed by atoms with E-state index in [1.807, 2.05) is 6.07 Å². The van der Waals surface area contributed by atoms with Crippen molar-refractivity contribution in [1.82, 2.24) is 4.90 Å². The van der Waals surface area contributed by atoms with E-state index < -0.39 is 0 Å². The molecular formula is C14H18N2O. The molecule has 1 amide bonds. The number of rotatable bonds is 4. The van der Waals surface area contributed by atoms with Crippen LogP contribution in [0.5, 0.6) is 0 Å². The lowest BCUT2D eigenvalue weighted by Crippen LogP contribution is -2.28. The molecule has 1 aromatic rings. The SMILES string of the molecule is Cc1ccc(CCN(C)C(=O)CC#N)cc1C. The molecule has 0 bridgehead atoms. The van der Waals surface area contributed by atoms with Gasteiger partial charge in [0.1, 0.15) is 6.42 Å². The van der Waals surface area contributed by atoms with Gasteiger partial charge in [0, 0.05) is 13.6 Å². The second-order valence-corrected chi connectivity index (χ2v) is 4.32. The molecule has 1 rings (SSSR count). The summed E-state index contributed by atoms with van der Waals surface area (Å²) in [5.41, 5.74) is 3.78. The summed E-state index contributed by atoms with van der Waals surface area (Å²) in [6.07, 6.45) is 0.790. The van der Waals surface area contributed by atoms with Crippen molar-refractivity contribution in [1.29, 1.82) is 5.26 Å². The average Bonchev–Trinajstić information content (AvgIpc) is 2.30. The number of hydrogen-bond donors (Lipinski definition) is 0. The Morgan fingerprint density at radius 1 is 1.35 bits per heavy atom. The van der Waals surface area contributed by atoms with Gasteiger partial charge in [-0.15, -0.1) is 0 Å². The van der Waals surface area contributed by atoms with Crippen LogP contribution in [0.2, 0.25) is 0 Å². The number of likely N-dealkylation sites (N-methyl/N-ethyl adjacent to an activating group) is 1. The summed E-state index contributed by atoms with van der Waals surface area (Å²) < 4.78 is 0. The summed E-state index contributed by atoms with van der Waals surface area (Å²) in [6.45, 7) is 4.83. The zero-order valence-electron chi connectivity index (χ0n) is 10.7. The molecule has 0 radical (unpaired) electrons. The molecule has 3 nitrogen and oxygen atoms in total. The van der Waals surface area contributed by atoms with Crippen LogP contribution < -0.4 is 0 Å². The minimum Gasteiger partial charge on any atom is -0.345 e. The fraction of sp³-hybridized carbons (Fsp3) is 0.429. The topological polar surface area (TPSA) is 44.1 Å². The third kappa shape index (κ3) is 3.92. The van der Waals surface area contributed by atoms with Crippen molar-refractivity contribution in [3.63, 3.8) is 0 Å². The highest BCUT2D eigenvalue weighted by molar-refractivity contribution is 5.77. The number of amides is 1. The number of benzene rings is 1. The Bertz CT molecular complexity index is 446. The highest BCUT2D eigenvalue weighted by atomic mass is 16.2. The van der Waals surface area contributed by atoms with Crippen LogP contribution in [-0.2, 0) is 11.2 Å². The van der Waals surface area contributed by atoms with E-state index >= 15 is 0 Å². The highest BCUT2D eigenvalue weighted by Crippen LogP contribution is 2.10.